The molecule has 8 nitrogen and oxygen atoms in total. The highest BCUT2D eigenvalue weighted by Crippen LogP contribution is 2.44. The van der Waals surface area contributed by atoms with E-state index in [4.69, 9.17) is 14.2 Å². The molecule has 0 radical (unpaired) electrons. The Labute approximate surface area is 258 Å². The Balaban J connectivity index is 1.35. The molecule has 0 saturated carbocycles. The lowest BCUT2D eigenvalue weighted by Crippen LogP contribution is -2.46. The van der Waals surface area contributed by atoms with Crippen LogP contribution < -0.4 is 10.6 Å². The van der Waals surface area contributed by atoms with Crippen LogP contribution in [0.3, 0.4) is 0 Å². The number of ether oxygens (including phenoxy) is 3. The molecule has 2 unspecified atom stereocenters. The number of nitrogens with zero attached hydrogens (tertiary/aromatic N) is 1. The van der Waals surface area contributed by atoms with Crippen molar-refractivity contribution in [1.82, 2.24) is 15.5 Å². The molecule has 1 heterocycles. The zero-order valence-electron chi connectivity index (χ0n) is 25.7. The second-order valence-corrected chi connectivity index (χ2v) is 11.5. The molecule has 2 aromatic carbocycles. The van der Waals surface area contributed by atoms with Crippen molar-refractivity contribution in [3.05, 3.63) is 106 Å². The molecule has 0 bridgehead atoms. The molecule has 5 rings (SSSR count). The molecule has 2 atom stereocenters. The topological polar surface area (TPSA) is 89.1 Å². The SMILES string of the molecule is COC1=CC(/C=C2/C(C)=C(CC(=O)NCc3ccccc3)c3cc(F)ccc32)=CC(OC)C1OC(=O)NC1CCN(C)CC1. The molecule has 2 N–H and O–H groups in total. The molecule has 0 spiro atoms. The number of halogens is 1. The summed E-state index contributed by atoms with van der Waals surface area (Å²) >= 11 is 0. The first-order valence-electron chi connectivity index (χ1n) is 14.9. The summed E-state index contributed by atoms with van der Waals surface area (Å²) in [7, 11) is 5.16. The summed E-state index contributed by atoms with van der Waals surface area (Å²) in [6.07, 6.45) is 5.66. The number of hydrogen-bond acceptors (Lipinski definition) is 6. The number of alkyl carbamates (subject to hydrolysis) is 1. The maximum atomic E-state index is 14.4. The molecular formula is C35H40FN3O5. The average molecular weight is 602 g/mol. The molecular weight excluding hydrogens is 561 g/mol. The fraction of sp³-hybridized carbons (Fsp3) is 0.371. The Bertz CT molecular complexity index is 1510. The van der Waals surface area contributed by atoms with Gasteiger partial charge in [-0.2, -0.15) is 0 Å². The van der Waals surface area contributed by atoms with E-state index < -0.39 is 18.3 Å². The predicted molar refractivity (Wildman–Crippen MR) is 168 cm³/mol. The van der Waals surface area contributed by atoms with Gasteiger partial charge in [0, 0.05) is 19.7 Å². The highest BCUT2D eigenvalue weighted by Gasteiger charge is 2.34. The Morgan fingerprint density at radius 2 is 1.82 bits per heavy atom. The van der Waals surface area contributed by atoms with Crippen LogP contribution in [0.5, 0.6) is 0 Å². The van der Waals surface area contributed by atoms with E-state index in [1.165, 1.54) is 19.2 Å². The monoisotopic (exact) mass is 601 g/mol. The van der Waals surface area contributed by atoms with Crippen LogP contribution >= 0.6 is 0 Å². The van der Waals surface area contributed by atoms with Crippen LogP contribution in [0.2, 0.25) is 0 Å². The van der Waals surface area contributed by atoms with Gasteiger partial charge in [0.25, 0.3) is 0 Å². The summed E-state index contributed by atoms with van der Waals surface area (Å²) in [4.78, 5) is 28.0. The Morgan fingerprint density at radius 3 is 2.52 bits per heavy atom. The maximum absolute atomic E-state index is 14.4. The number of piperidine rings is 1. The number of benzene rings is 2. The van der Waals surface area contributed by atoms with Gasteiger partial charge < -0.3 is 29.7 Å². The minimum absolute atomic E-state index is 0.0609. The third-order valence-electron chi connectivity index (χ3n) is 8.46. The van der Waals surface area contributed by atoms with Crippen LogP contribution in [0.1, 0.15) is 42.9 Å². The van der Waals surface area contributed by atoms with E-state index in [1.54, 1.807) is 13.2 Å². The van der Waals surface area contributed by atoms with Crippen molar-refractivity contribution >= 4 is 23.1 Å². The number of allylic oxidation sites excluding steroid dienone is 5. The molecule has 1 aliphatic heterocycles. The second-order valence-electron chi connectivity index (χ2n) is 11.5. The van der Waals surface area contributed by atoms with Crippen LogP contribution in [0, 0.1) is 5.82 Å². The largest absolute Gasteiger partial charge is 0.497 e. The first-order chi connectivity index (χ1) is 21.2. The smallest absolute Gasteiger partial charge is 0.408 e. The van der Waals surface area contributed by atoms with Crippen molar-refractivity contribution in [2.75, 3.05) is 34.4 Å². The summed E-state index contributed by atoms with van der Waals surface area (Å²) < 4.78 is 31.6. The highest BCUT2D eigenvalue weighted by atomic mass is 19.1. The van der Waals surface area contributed by atoms with Crippen molar-refractivity contribution in [2.45, 2.75) is 51.0 Å². The maximum Gasteiger partial charge on any atom is 0.408 e. The number of carbonyl (C=O) groups excluding carboxylic acids is 2. The van der Waals surface area contributed by atoms with Crippen molar-refractivity contribution in [2.24, 2.45) is 0 Å². The molecule has 0 aromatic heterocycles. The molecule has 2 aliphatic carbocycles. The fourth-order valence-electron chi connectivity index (χ4n) is 5.95. The number of rotatable bonds is 9. The lowest BCUT2D eigenvalue weighted by atomic mass is 9.95. The van der Waals surface area contributed by atoms with Gasteiger partial charge in [-0.05, 0) is 109 Å². The molecule has 2 aromatic rings. The second kappa shape index (κ2) is 14.1. The van der Waals surface area contributed by atoms with Gasteiger partial charge in [-0.25, -0.2) is 9.18 Å². The first-order valence-corrected chi connectivity index (χ1v) is 14.9. The molecule has 1 saturated heterocycles. The van der Waals surface area contributed by atoms with Crippen LogP contribution in [0.4, 0.5) is 9.18 Å². The van der Waals surface area contributed by atoms with Gasteiger partial charge in [-0.1, -0.05) is 36.4 Å². The van der Waals surface area contributed by atoms with Gasteiger partial charge in [0.2, 0.25) is 5.91 Å². The Kier molecular flexibility index (Phi) is 9.97. The van der Waals surface area contributed by atoms with Crippen molar-refractivity contribution in [1.29, 1.82) is 0 Å². The minimum atomic E-state index is -0.760. The Hall–Kier alpha value is -4.21. The lowest BCUT2D eigenvalue weighted by molar-refractivity contribution is -0.120. The highest BCUT2D eigenvalue weighted by molar-refractivity contribution is 6.04. The van der Waals surface area contributed by atoms with Crippen LogP contribution in [-0.2, 0) is 25.5 Å². The van der Waals surface area contributed by atoms with Gasteiger partial charge in [-0.15, -0.1) is 0 Å². The predicted octanol–water partition coefficient (Wildman–Crippen LogP) is 5.38. The number of nitrogens with one attached hydrogen (secondary N) is 2. The molecule has 232 valence electrons. The molecule has 9 heteroatoms. The van der Waals surface area contributed by atoms with Gasteiger partial charge in [0.1, 0.15) is 17.7 Å². The molecule has 3 aliphatic rings. The number of methoxy groups -OCH3 is 2. The van der Waals surface area contributed by atoms with Crippen molar-refractivity contribution in [3.63, 3.8) is 0 Å². The third kappa shape index (κ3) is 7.29. The summed E-state index contributed by atoms with van der Waals surface area (Å²) in [5.41, 5.74) is 5.86. The van der Waals surface area contributed by atoms with Crippen molar-refractivity contribution in [3.8, 4) is 0 Å². The van der Waals surface area contributed by atoms with Gasteiger partial charge >= 0.3 is 6.09 Å². The van der Waals surface area contributed by atoms with Gasteiger partial charge in [0.05, 0.1) is 13.5 Å². The number of likely N-dealkylation sites (tertiary alicyclic amines) is 1. The van der Waals surface area contributed by atoms with E-state index >= 15 is 0 Å². The fourth-order valence-corrected chi connectivity index (χ4v) is 5.95. The van der Waals surface area contributed by atoms with Gasteiger partial charge in [0.15, 0.2) is 6.10 Å². The first kappa shape index (κ1) is 31.2. The van der Waals surface area contributed by atoms with Gasteiger partial charge in [-0.3, -0.25) is 4.79 Å². The van der Waals surface area contributed by atoms with Crippen LogP contribution in [-0.4, -0.2) is 69.5 Å². The van der Waals surface area contributed by atoms with E-state index in [2.05, 4.69) is 22.6 Å². The lowest BCUT2D eigenvalue weighted by Gasteiger charge is -2.31. The number of fused-ring (bicyclic) bond motifs is 1. The number of carbonyl (C=O) groups is 2. The van der Waals surface area contributed by atoms with E-state index in [1.807, 2.05) is 55.5 Å². The van der Waals surface area contributed by atoms with Crippen LogP contribution in [0.25, 0.3) is 11.1 Å². The summed E-state index contributed by atoms with van der Waals surface area (Å²) in [6.45, 7) is 4.20. The van der Waals surface area contributed by atoms with Crippen LogP contribution in [0.15, 0.2) is 83.7 Å². The zero-order chi connectivity index (χ0) is 31.2. The standard InChI is InChI=1S/C35H40FN3O5/c1-22-28(27-11-10-25(36)19-30(27)29(22)20-33(40)37-21-23-8-6-5-7-9-23)16-24-17-31(42-3)34(32(18-24)43-4)44-35(41)38-26-12-14-39(2)15-13-26/h5-11,16-19,26,31,34H,12-15,20-21H2,1-4H3,(H,37,40)(H,38,41)/b28-16-. The van der Waals surface area contributed by atoms with E-state index in [0.717, 1.165) is 59.4 Å². The normalized spacial score (nSPS) is 21.4. The zero-order valence-corrected chi connectivity index (χ0v) is 25.7. The molecule has 1 fully saturated rings. The van der Waals surface area contributed by atoms with E-state index in [9.17, 15) is 14.0 Å². The molecule has 44 heavy (non-hydrogen) atoms. The average Bonchev–Trinajstić information content (AvgIpc) is 3.27. The summed E-state index contributed by atoms with van der Waals surface area (Å²) in [5, 5.41) is 5.95. The van der Waals surface area contributed by atoms with Crippen molar-refractivity contribution < 1.29 is 28.2 Å². The number of hydrogen-bond donors (Lipinski definition) is 2. The third-order valence-corrected chi connectivity index (χ3v) is 8.46. The van der Waals surface area contributed by atoms with E-state index in [0.29, 0.717) is 17.9 Å². The Morgan fingerprint density at radius 1 is 1.07 bits per heavy atom. The molecule has 2 amide bonds. The quantitative estimate of drug-likeness (QED) is 0.402. The van der Waals surface area contributed by atoms with E-state index in [-0.39, 0.29) is 24.2 Å². The number of amides is 2. The summed E-state index contributed by atoms with van der Waals surface area (Å²) in [6, 6.07) is 14.4. The minimum Gasteiger partial charge on any atom is -0.497 e. The summed E-state index contributed by atoms with van der Waals surface area (Å²) in [5.74, 6) is -0.0586.